The van der Waals surface area contributed by atoms with E-state index in [4.69, 9.17) is 0 Å². The van der Waals surface area contributed by atoms with E-state index < -0.39 is 6.36 Å². The zero-order valence-corrected chi connectivity index (χ0v) is 12.7. The highest BCUT2D eigenvalue weighted by Crippen LogP contribution is 2.31. The molecule has 1 aromatic carbocycles. The Morgan fingerprint density at radius 3 is 2.39 bits per heavy atom. The summed E-state index contributed by atoms with van der Waals surface area (Å²) in [6.07, 6.45) is -3.90. The van der Waals surface area contributed by atoms with Crippen molar-refractivity contribution >= 4 is 22.6 Å². The molecule has 102 valence electrons. The van der Waals surface area contributed by atoms with Crippen molar-refractivity contribution in [3.8, 4) is 5.75 Å². The van der Waals surface area contributed by atoms with Gasteiger partial charge in [-0.25, -0.2) is 0 Å². The number of alkyl halides is 4. The molecule has 0 N–H and O–H groups in total. The molecule has 0 aliphatic rings. The second-order valence-corrected chi connectivity index (χ2v) is 7.65. The van der Waals surface area contributed by atoms with Crippen LogP contribution in [0.5, 0.6) is 5.75 Å². The molecule has 1 unspecified atom stereocenters. The smallest absolute Gasteiger partial charge is 0.406 e. The molecular weight excluding hydrogens is 356 g/mol. The van der Waals surface area contributed by atoms with Gasteiger partial charge in [0.05, 0.1) is 0 Å². The Morgan fingerprint density at radius 2 is 1.89 bits per heavy atom. The average molecular weight is 372 g/mol. The van der Waals surface area contributed by atoms with Crippen molar-refractivity contribution in [2.75, 3.05) is 0 Å². The summed E-state index contributed by atoms with van der Waals surface area (Å²) >= 11 is 2.35. The molecular formula is C13H16F3IO. The monoisotopic (exact) mass is 372 g/mol. The molecule has 0 saturated heterocycles. The first-order valence-electron chi connectivity index (χ1n) is 5.61. The lowest BCUT2D eigenvalue weighted by atomic mass is 9.91. The summed E-state index contributed by atoms with van der Waals surface area (Å²) in [6.45, 7) is 6.30. The van der Waals surface area contributed by atoms with Gasteiger partial charge < -0.3 is 4.74 Å². The van der Waals surface area contributed by atoms with Gasteiger partial charge in [-0.05, 0) is 30.0 Å². The number of rotatable bonds is 4. The maximum Gasteiger partial charge on any atom is 0.573 e. The molecule has 1 rings (SSSR count). The topological polar surface area (TPSA) is 9.23 Å². The summed E-state index contributed by atoms with van der Waals surface area (Å²) in [5.41, 5.74) is 0.856. The van der Waals surface area contributed by atoms with E-state index >= 15 is 0 Å². The lowest BCUT2D eigenvalue weighted by Crippen LogP contribution is -2.23. The van der Waals surface area contributed by atoms with Gasteiger partial charge in [-0.15, -0.1) is 13.2 Å². The fraction of sp³-hybridized carbons (Fsp3) is 0.538. The summed E-state index contributed by atoms with van der Waals surface area (Å²) in [5.74, 6) is 0.206. The second kappa shape index (κ2) is 5.67. The summed E-state index contributed by atoms with van der Waals surface area (Å²) < 4.78 is 40.3. The van der Waals surface area contributed by atoms with Crippen molar-refractivity contribution < 1.29 is 17.9 Å². The molecule has 0 fully saturated rings. The summed E-state index contributed by atoms with van der Waals surface area (Å²) in [6, 6.07) is 6.18. The van der Waals surface area contributed by atoms with Gasteiger partial charge in [-0.2, -0.15) is 0 Å². The Labute approximate surface area is 119 Å². The van der Waals surface area contributed by atoms with Crippen LogP contribution < -0.4 is 4.74 Å². The highest BCUT2D eigenvalue weighted by atomic mass is 127. The van der Waals surface area contributed by atoms with Crippen molar-refractivity contribution in [1.29, 1.82) is 0 Å². The second-order valence-electron chi connectivity index (χ2n) is 4.86. The molecule has 0 spiro atoms. The number of ether oxygens (including phenoxy) is 1. The van der Waals surface area contributed by atoms with Gasteiger partial charge in [0.15, 0.2) is 0 Å². The molecule has 0 aliphatic carbocycles. The summed E-state index contributed by atoms with van der Waals surface area (Å²) in [5, 5.41) is 0. The van der Waals surface area contributed by atoms with Crippen LogP contribution in [-0.2, 0) is 6.42 Å². The Kier molecular flexibility index (Phi) is 4.91. The lowest BCUT2D eigenvalue weighted by Gasteiger charge is -2.25. The standard InChI is InChI=1S/C13H16F3IO/c1-9(12(2,3)17)7-10-5-4-6-11(8-10)18-13(14,15)16/h4-6,8-9H,7H2,1-3H3. The van der Waals surface area contributed by atoms with Gasteiger partial charge in [0.25, 0.3) is 0 Å². The first-order valence-corrected chi connectivity index (χ1v) is 6.69. The minimum absolute atomic E-state index is 0.0959. The van der Waals surface area contributed by atoms with Crippen LogP contribution in [0.25, 0.3) is 0 Å². The predicted molar refractivity (Wildman–Crippen MR) is 74.1 cm³/mol. The van der Waals surface area contributed by atoms with E-state index in [1.165, 1.54) is 12.1 Å². The van der Waals surface area contributed by atoms with E-state index in [9.17, 15) is 13.2 Å². The fourth-order valence-corrected chi connectivity index (χ4v) is 1.69. The number of halogens is 4. The van der Waals surface area contributed by atoms with E-state index in [0.717, 1.165) is 12.0 Å². The SMILES string of the molecule is CC(Cc1cccc(OC(F)(F)F)c1)C(C)(C)I. The van der Waals surface area contributed by atoms with E-state index in [1.54, 1.807) is 6.07 Å². The predicted octanol–water partition coefficient (Wildman–Crippen LogP) is 4.98. The van der Waals surface area contributed by atoms with Crippen LogP contribution >= 0.6 is 22.6 Å². The van der Waals surface area contributed by atoms with Crippen LogP contribution in [0, 0.1) is 5.92 Å². The van der Waals surface area contributed by atoms with Gasteiger partial charge in [0.1, 0.15) is 5.75 Å². The molecule has 0 heterocycles. The Balaban J connectivity index is 2.77. The van der Waals surface area contributed by atoms with Crippen molar-refractivity contribution in [2.24, 2.45) is 5.92 Å². The van der Waals surface area contributed by atoms with Gasteiger partial charge in [-0.3, -0.25) is 0 Å². The highest BCUT2D eigenvalue weighted by Gasteiger charge is 2.31. The van der Waals surface area contributed by atoms with Crippen LogP contribution in [-0.4, -0.2) is 9.78 Å². The van der Waals surface area contributed by atoms with Crippen LogP contribution in [0.1, 0.15) is 26.3 Å². The number of benzene rings is 1. The Bertz CT molecular complexity index is 396. The van der Waals surface area contributed by atoms with Crippen LogP contribution in [0.2, 0.25) is 0 Å². The lowest BCUT2D eigenvalue weighted by molar-refractivity contribution is -0.274. The first kappa shape index (κ1) is 15.6. The molecule has 0 radical (unpaired) electrons. The van der Waals surface area contributed by atoms with Crippen LogP contribution in [0.15, 0.2) is 24.3 Å². The zero-order valence-electron chi connectivity index (χ0n) is 10.5. The van der Waals surface area contributed by atoms with Crippen molar-refractivity contribution in [3.63, 3.8) is 0 Å². The largest absolute Gasteiger partial charge is 0.573 e. The third-order valence-corrected chi connectivity index (χ3v) is 3.91. The quantitative estimate of drug-likeness (QED) is 0.535. The summed E-state index contributed by atoms with van der Waals surface area (Å²) in [7, 11) is 0. The third-order valence-electron chi connectivity index (χ3n) is 2.85. The molecule has 1 atom stereocenters. The van der Waals surface area contributed by atoms with E-state index in [2.05, 4.69) is 48.1 Å². The van der Waals surface area contributed by atoms with Gasteiger partial charge in [0, 0.05) is 3.42 Å². The molecule has 5 heteroatoms. The third kappa shape index (κ3) is 5.46. The molecule has 0 aliphatic heterocycles. The Hall–Kier alpha value is -0.460. The highest BCUT2D eigenvalue weighted by molar-refractivity contribution is 14.1. The van der Waals surface area contributed by atoms with Crippen molar-refractivity contribution in [1.82, 2.24) is 0 Å². The van der Waals surface area contributed by atoms with Crippen LogP contribution in [0.3, 0.4) is 0 Å². The van der Waals surface area contributed by atoms with E-state index in [0.29, 0.717) is 5.92 Å². The van der Waals surface area contributed by atoms with E-state index in [1.807, 2.05) is 6.07 Å². The van der Waals surface area contributed by atoms with Crippen molar-refractivity contribution in [2.45, 2.75) is 37.0 Å². The molecule has 1 nitrogen and oxygen atoms in total. The van der Waals surface area contributed by atoms with Crippen LogP contribution in [0.4, 0.5) is 13.2 Å². The van der Waals surface area contributed by atoms with Gasteiger partial charge in [0.2, 0.25) is 0 Å². The molecule has 0 saturated carbocycles. The number of hydrogen-bond acceptors (Lipinski definition) is 1. The molecule has 0 aromatic heterocycles. The normalized spacial score (nSPS) is 14.4. The number of hydrogen-bond donors (Lipinski definition) is 0. The Morgan fingerprint density at radius 1 is 1.28 bits per heavy atom. The first-order chi connectivity index (χ1) is 8.08. The van der Waals surface area contributed by atoms with Gasteiger partial charge >= 0.3 is 6.36 Å². The van der Waals surface area contributed by atoms with Gasteiger partial charge in [-0.1, -0.05) is 55.5 Å². The minimum Gasteiger partial charge on any atom is -0.406 e. The summed E-state index contributed by atoms with van der Waals surface area (Å²) in [4.78, 5) is 0. The molecule has 18 heavy (non-hydrogen) atoms. The molecule has 0 amide bonds. The average Bonchev–Trinajstić information content (AvgIpc) is 2.13. The zero-order chi connectivity index (χ0) is 14.0. The van der Waals surface area contributed by atoms with Crippen molar-refractivity contribution in [3.05, 3.63) is 29.8 Å². The molecule has 0 bridgehead atoms. The minimum atomic E-state index is -4.63. The maximum absolute atomic E-state index is 12.1. The molecule has 1 aromatic rings. The van der Waals surface area contributed by atoms with E-state index in [-0.39, 0.29) is 9.17 Å². The fourth-order valence-electron chi connectivity index (χ4n) is 1.47. The maximum atomic E-state index is 12.1.